The predicted molar refractivity (Wildman–Crippen MR) is 78.2 cm³/mol. The van der Waals surface area contributed by atoms with Gasteiger partial charge in [0.05, 0.1) is 6.61 Å². The van der Waals surface area contributed by atoms with E-state index in [1.165, 1.54) is 12.1 Å². The lowest BCUT2D eigenvalue weighted by molar-refractivity contribution is -0.148. The van der Waals surface area contributed by atoms with Gasteiger partial charge in [-0.2, -0.15) is 0 Å². The number of nitrogens with one attached hydrogen (secondary N) is 1. The van der Waals surface area contributed by atoms with Crippen LogP contribution in [0.5, 0.6) is 0 Å². The number of esters is 1. The molecule has 1 heterocycles. The molecule has 0 saturated carbocycles. The zero-order valence-corrected chi connectivity index (χ0v) is 12.0. The smallest absolute Gasteiger partial charge is 0.336 e. The monoisotopic (exact) mass is 288 g/mol. The molecule has 5 heteroatoms. The second kappa shape index (κ2) is 6.35. The highest BCUT2D eigenvalue weighted by atomic mass is 19.1. The molecule has 0 aliphatic carbocycles. The molecule has 0 radical (unpaired) electrons. The van der Waals surface area contributed by atoms with E-state index in [9.17, 15) is 9.18 Å². The average Bonchev–Trinajstić information content (AvgIpc) is 2.48. The quantitative estimate of drug-likeness (QED) is 0.859. The van der Waals surface area contributed by atoms with E-state index in [-0.39, 0.29) is 12.4 Å². The van der Waals surface area contributed by atoms with Crippen molar-refractivity contribution in [2.24, 2.45) is 0 Å². The van der Waals surface area contributed by atoms with Crippen molar-refractivity contribution >= 4 is 11.7 Å². The molecule has 0 aliphatic heterocycles. The largest absolute Gasteiger partial charge is 0.464 e. The maximum atomic E-state index is 13.3. The Hall–Kier alpha value is -2.43. The molecule has 0 amide bonds. The minimum absolute atomic E-state index is 0.268. The molecule has 1 atom stereocenters. The van der Waals surface area contributed by atoms with Crippen molar-refractivity contribution in [3.63, 3.8) is 0 Å². The molecule has 4 nitrogen and oxygen atoms in total. The third kappa shape index (κ3) is 3.37. The summed E-state index contributed by atoms with van der Waals surface area (Å²) in [7, 11) is 0. The number of benzene rings is 1. The van der Waals surface area contributed by atoms with E-state index in [0.717, 1.165) is 0 Å². The molecule has 0 fully saturated rings. The van der Waals surface area contributed by atoms with E-state index in [1.807, 2.05) is 0 Å². The number of pyridine rings is 1. The van der Waals surface area contributed by atoms with Crippen LogP contribution in [0.4, 0.5) is 10.1 Å². The SMILES string of the molecule is CCOC(=O)C(C)(Nc1cccc(F)c1)c1ccncc1. The Morgan fingerprint density at radius 1 is 1.33 bits per heavy atom. The molecule has 0 aliphatic rings. The minimum Gasteiger partial charge on any atom is -0.464 e. The van der Waals surface area contributed by atoms with Gasteiger partial charge < -0.3 is 10.1 Å². The van der Waals surface area contributed by atoms with Gasteiger partial charge in [0.15, 0.2) is 5.54 Å². The Morgan fingerprint density at radius 3 is 2.67 bits per heavy atom. The van der Waals surface area contributed by atoms with Crippen LogP contribution in [0.1, 0.15) is 19.4 Å². The van der Waals surface area contributed by atoms with Gasteiger partial charge in [0.1, 0.15) is 5.82 Å². The first-order chi connectivity index (χ1) is 10.1. The third-order valence-electron chi connectivity index (χ3n) is 3.16. The molecule has 1 N–H and O–H groups in total. The van der Waals surface area contributed by atoms with E-state index in [1.54, 1.807) is 50.5 Å². The Morgan fingerprint density at radius 2 is 2.05 bits per heavy atom. The van der Waals surface area contributed by atoms with Crippen molar-refractivity contribution in [2.75, 3.05) is 11.9 Å². The molecule has 1 unspecified atom stereocenters. The first-order valence-electron chi connectivity index (χ1n) is 6.67. The summed E-state index contributed by atoms with van der Waals surface area (Å²) in [5, 5.41) is 3.05. The normalized spacial score (nSPS) is 13.3. The summed E-state index contributed by atoms with van der Waals surface area (Å²) in [6.45, 7) is 3.71. The standard InChI is InChI=1S/C16H17FN2O2/c1-3-21-15(20)16(2,12-7-9-18-10-8-12)19-14-6-4-5-13(17)11-14/h4-11,19H,3H2,1-2H3. The van der Waals surface area contributed by atoms with Crippen LogP contribution in [0.3, 0.4) is 0 Å². The minimum atomic E-state index is -1.12. The maximum Gasteiger partial charge on any atom is 0.336 e. The maximum absolute atomic E-state index is 13.3. The molecule has 2 aromatic rings. The fraction of sp³-hybridized carbons (Fsp3) is 0.250. The summed E-state index contributed by atoms with van der Waals surface area (Å²) in [4.78, 5) is 16.3. The summed E-state index contributed by atoms with van der Waals surface area (Å²) in [5.74, 6) is -0.804. The van der Waals surface area contributed by atoms with E-state index < -0.39 is 11.5 Å². The lowest BCUT2D eigenvalue weighted by Gasteiger charge is -2.30. The van der Waals surface area contributed by atoms with Gasteiger partial charge in [-0.25, -0.2) is 9.18 Å². The van der Waals surface area contributed by atoms with Crippen molar-refractivity contribution in [3.8, 4) is 0 Å². The van der Waals surface area contributed by atoms with Gasteiger partial charge in [-0.05, 0) is 49.7 Å². The molecule has 0 bridgehead atoms. The topological polar surface area (TPSA) is 51.2 Å². The lowest BCUT2D eigenvalue weighted by Crippen LogP contribution is -2.42. The molecular weight excluding hydrogens is 271 g/mol. The predicted octanol–water partition coefficient (Wildman–Crippen LogP) is 3.11. The fourth-order valence-corrected chi connectivity index (χ4v) is 2.06. The third-order valence-corrected chi connectivity index (χ3v) is 3.16. The van der Waals surface area contributed by atoms with E-state index >= 15 is 0 Å². The van der Waals surface area contributed by atoms with Crippen LogP contribution in [-0.4, -0.2) is 17.6 Å². The van der Waals surface area contributed by atoms with E-state index in [0.29, 0.717) is 11.3 Å². The summed E-state index contributed by atoms with van der Waals surface area (Å²) in [6, 6.07) is 9.40. The Kier molecular flexibility index (Phi) is 4.52. The first-order valence-corrected chi connectivity index (χ1v) is 6.67. The molecule has 0 spiro atoms. The molecular formula is C16H17FN2O2. The molecule has 1 aromatic carbocycles. The van der Waals surface area contributed by atoms with E-state index in [2.05, 4.69) is 10.3 Å². The number of aromatic nitrogens is 1. The number of halogens is 1. The van der Waals surface area contributed by atoms with Crippen LogP contribution in [0.25, 0.3) is 0 Å². The van der Waals surface area contributed by atoms with Gasteiger partial charge in [0.2, 0.25) is 0 Å². The summed E-state index contributed by atoms with van der Waals surface area (Å²) >= 11 is 0. The Bertz CT molecular complexity index is 619. The lowest BCUT2D eigenvalue weighted by atomic mass is 9.92. The number of hydrogen-bond donors (Lipinski definition) is 1. The molecule has 0 saturated heterocycles. The zero-order chi connectivity index (χ0) is 15.3. The van der Waals surface area contributed by atoms with Crippen molar-refractivity contribution < 1.29 is 13.9 Å². The second-order valence-electron chi connectivity index (χ2n) is 4.72. The van der Waals surface area contributed by atoms with Gasteiger partial charge in [-0.15, -0.1) is 0 Å². The van der Waals surface area contributed by atoms with Crippen LogP contribution >= 0.6 is 0 Å². The van der Waals surface area contributed by atoms with Crippen LogP contribution in [0.2, 0.25) is 0 Å². The summed E-state index contributed by atoms with van der Waals surface area (Å²) < 4.78 is 18.5. The highest BCUT2D eigenvalue weighted by molar-refractivity contribution is 5.85. The van der Waals surface area contributed by atoms with Gasteiger partial charge in [-0.3, -0.25) is 4.98 Å². The number of nitrogens with zero attached hydrogens (tertiary/aromatic N) is 1. The Balaban J connectivity index is 2.39. The van der Waals surface area contributed by atoms with Gasteiger partial charge in [0, 0.05) is 18.1 Å². The highest BCUT2D eigenvalue weighted by Gasteiger charge is 2.36. The summed E-state index contributed by atoms with van der Waals surface area (Å²) in [5.41, 5.74) is 0.0785. The number of carbonyl (C=O) groups is 1. The molecule has 2 rings (SSSR count). The van der Waals surface area contributed by atoms with Crippen molar-refractivity contribution in [1.82, 2.24) is 4.98 Å². The van der Waals surface area contributed by atoms with Gasteiger partial charge in [-0.1, -0.05) is 6.07 Å². The van der Waals surface area contributed by atoms with Crippen LogP contribution < -0.4 is 5.32 Å². The first kappa shape index (κ1) is 15.0. The van der Waals surface area contributed by atoms with Crippen molar-refractivity contribution in [1.29, 1.82) is 0 Å². The van der Waals surface area contributed by atoms with E-state index in [4.69, 9.17) is 4.74 Å². The van der Waals surface area contributed by atoms with Gasteiger partial charge >= 0.3 is 5.97 Å². The number of carbonyl (C=O) groups excluding carboxylic acids is 1. The zero-order valence-electron chi connectivity index (χ0n) is 12.0. The summed E-state index contributed by atoms with van der Waals surface area (Å²) in [6.07, 6.45) is 3.19. The highest BCUT2D eigenvalue weighted by Crippen LogP contribution is 2.27. The Labute approximate surface area is 123 Å². The molecule has 110 valence electrons. The van der Waals surface area contributed by atoms with Gasteiger partial charge in [0.25, 0.3) is 0 Å². The number of hydrogen-bond acceptors (Lipinski definition) is 4. The van der Waals surface area contributed by atoms with Crippen LogP contribution in [0.15, 0.2) is 48.8 Å². The van der Waals surface area contributed by atoms with Crippen molar-refractivity contribution in [2.45, 2.75) is 19.4 Å². The number of anilines is 1. The van der Waals surface area contributed by atoms with Crippen molar-refractivity contribution in [3.05, 3.63) is 60.2 Å². The molecule has 21 heavy (non-hydrogen) atoms. The fourth-order valence-electron chi connectivity index (χ4n) is 2.06. The number of ether oxygens (including phenoxy) is 1. The second-order valence-corrected chi connectivity index (χ2v) is 4.72. The van der Waals surface area contributed by atoms with Crippen LogP contribution in [0, 0.1) is 5.82 Å². The average molecular weight is 288 g/mol. The number of rotatable bonds is 5. The van der Waals surface area contributed by atoms with Crippen LogP contribution in [-0.2, 0) is 15.1 Å². The molecule has 1 aromatic heterocycles.